The molecule has 0 spiro atoms. The topological polar surface area (TPSA) is 91.2 Å². The number of carbonyl (C=O) groups is 2. The van der Waals surface area contributed by atoms with E-state index in [4.69, 9.17) is 10.00 Å². The Labute approximate surface area is 168 Å². The molecule has 0 heterocycles. The average molecular weight is 385 g/mol. The summed E-state index contributed by atoms with van der Waals surface area (Å²) >= 11 is 0. The smallest absolute Gasteiger partial charge is 0.255 e. The van der Waals surface area contributed by atoms with Crippen molar-refractivity contribution in [2.45, 2.75) is 13.3 Å². The molecule has 144 valence electrons. The van der Waals surface area contributed by atoms with Gasteiger partial charge in [-0.05, 0) is 55.5 Å². The van der Waals surface area contributed by atoms with Gasteiger partial charge >= 0.3 is 0 Å². The number of nitriles is 1. The third-order valence-electron chi connectivity index (χ3n) is 4.05. The van der Waals surface area contributed by atoms with E-state index in [1.807, 2.05) is 43.3 Å². The number of hydrogen-bond acceptors (Lipinski definition) is 4. The molecule has 0 radical (unpaired) electrons. The van der Waals surface area contributed by atoms with Crippen LogP contribution in [0.5, 0.6) is 11.5 Å². The van der Waals surface area contributed by atoms with Gasteiger partial charge < -0.3 is 15.4 Å². The molecule has 0 aliphatic heterocycles. The van der Waals surface area contributed by atoms with Gasteiger partial charge in [-0.1, -0.05) is 29.8 Å². The number of para-hydroxylation sites is 2. The van der Waals surface area contributed by atoms with Gasteiger partial charge in [-0.25, -0.2) is 0 Å². The molecule has 2 amide bonds. The van der Waals surface area contributed by atoms with E-state index in [0.29, 0.717) is 28.4 Å². The first-order valence-corrected chi connectivity index (χ1v) is 8.97. The summed E-state index contributed by atoms with van der Waals surface area (Å²) in [7, 11) is 0. The van der Waals surface area contributed by atoms with Gasteiger partial charge in [0.2, 0.25) is 5.91 Å². The Bertz CT molecular complexity index is 1050. The molecule has 0 fully saturated rings. The normalized spacial score (nSPS) is 9.93. The molecule has 6 heteroatoms. The lowest BCUT2D eigenvalue weighted by Crippen LogP contribution is -2.13. The van der Waals surface area contributed by atoms with Gasteiger partial charge in [0.25, 0.3) is 5.91 Å². The molecule has 6 nitrogen and oxygen atoms in total. The number of benzene rings is 3. The van der Waals surface area contributed by atoms with E-state index in [1.165, 1.54) is 0 Å². The lowest BCUT2D eigenvalue weighted by Gasteiger charge is -2.12. The zero-order chi connectivity index (χ0) is 20.6. The van der Waals surface area contributed by atoms with Crippen molar-refractivity contribution in [3.8, 4) is 17.6 Å². The molecule has 0 aliphatic rings. The van der Waals surface area contributed by atoms with Gasteiger partial charge in [0.15, 0.2) is 5.75 Å². The van der Waals surface area contributed by atoms with Gasteiger partial charge in [-0.2, -0.15) is 5.26 Å². The van der Waals surface area contributed by atoms with E-state index < -0.39 is 5.91 Å². The number of amides is 2. The molecule has 2 N–H and O–H groups in total. The Morgan fingerprint density at radius 1 is 0.931 bits per heavy atom. The number of carbonyl (C=O) groups excluding carboxylic acids is 2. The van der Waals surface area contributed by atoms with Gasteiger partial charge in [-0.15, -0.1) is 0 Å². The third kappa shape index (κ3) is 5.44. The van der Waals surface area contributed by atoms with Gasteiger partial charge in [0, 0.05) is 11.3 Å². The van der Waals surface area contributed by atoms with E-state index in [0.717, 1.165) is 5.56 Å². The van der Waals surface area contributed by atoms with Crippen molar-refractivity contribution in [2.75, 3.05) is 10.6 Å². The summed E-state index contributed by atoms with van der Waals surface area (Å²) in [6.45, 7) is 2.00. The highest BCUT2D eigenvalue weighted by atomic mass is 16.5. The highest BCUT2D eigenvalue weighted by Crippen LogP contribution is 2.29. The fourth-order valence-corrected chi connectivity index (χ4v) is 2.57. The number of nitrogens with zero attached hydrogens (tertiary/aromatic N) is 1. The molecular formula is C23H19N3O3. The van der Waals surface area contributed by atoms with Crippen LogP contribution in [0.3, 0.4) is 0 Å². The zero-order valence-corrected chi connectivity index (χ0v) is 15.8. The van der Waals surface area contributed by atoms with E-state index in [2.05, 4.69) is 10.6 Å². The van der Waals surface area contributed by atoms with Crippen molar-refractivity contribution in [2.24, 2.45) is 0 Å². The SMILES string of the molecule is Cc1ccc(Oc2ccccc2NC(=O)c2ccc(NC(=O)CC#N)cc2)cc1. The van der Waals surface area contributed by atoms with Crippen molar-refractivity contribution in [3.63, 3.8) is 0 Å². The quantitative estimate of drug-likeness (QED) is 0.632. The minimum atomic E-state index is -0.396. The molecule has 0 saturated heterocycles. The van der Waals surface area contributed by atoms with Crippen LogP contribution in [0.2, 0.25) is 0 Å². The van der Waals surface area contributed by atoms with Crippen LogP contribution in [-0.4, -0.2) is 11.8 Å². The predicted octanol–water partition coefficient (Wildman–Crippen LogP) is 4.89. The lowest BCUT2D eigenvalue weighted by molar-refractivity contribution is -0.115. The Balaban J connectivity index is 1.70. The molecular weight excluding hydrogens is 366 g/mol. The number of ether oxygens (including phenoxy) is 1. The summed E-state index contributed by atoms with van der Waals surface area (Å²) in [5.74, 6) is 0.506. The molecule has 0 aromatic heterocycles. The number of nitrogens with one attached hydrogen (secondary N) is 2. The second-order valence-electron chi connectivity index (χ2n) is 6.33. The van der Waals surface area contributed by atoms with Crippen LogP contribution in [0.15, 0.2) is 72.8 Å². The maximum Gasteiger partial charge on any atom is 0.255 e. The van der Waals surface area contributed by atoms with Gasteiger partial charge in [0.1, 0.15) is 12.2 Å². The minimum Gasteiger partial charge on any atom is -0.455 e. The zero-order valence-electron chi connectivity index (χ0n) is 15.8. The molecule has 0 aliphatic carbocycles. The van der Waals surface area contributed by atoms with Crippen LogP contribution in [0, 0.1) is 18.3 Å². The van der Waals surface area contributed by atoms with Crippen LogP contribution in [0.4, 0.5) is 11.4 Å². The molecule has 3 rings (SSSR count). The van der Waals surface area contributed by atoms with Crippen LogP contribution in [0.25, 0.3) is 0 Å². The first-order valence-electron chi connectivity index (χ1n) is 8.97. The van der Waals surface area contributed by atoms with Crippen molar-refractivity contribution in [1.29, 1.82) is 5.26 Å². The van der Waals surface area contributed by atoms with Crippen LogP contribution in [0.1, 0.15) is 22.3 Å². The Morgan fingerprint density at radius 2 is 1.62 bits per heavy atom. The second kappa shape index (κ2) is 9.20. The summed E-state index contributed by atoms with van der Waals surface area (Å²) in [6, 6.07) is 23.0. The molecule has 3 aromatic rings. The Kier molecular flexibility index (Phi) is 6.23. The maximum absolute atomic E-state index is 12.6. The summed E-state index contributed by atoms with van der Waals surface area (Å²) in [5.41, 5.74) is 2.62. The fourth-order valence-electron chi connectivity index (χ4n) is 2.57. The number of hydrogen-bond donors (Lipinski definition) is 2. The number of rotatable bonds is 6. The number of anilines is 2. The Hall–Kier alpha value is -4.11. The number of aryl methyl sites for hydroxylation is 1. The summed E-state index contributed by atoms with van der Waals surface area (Å²) in [5, 5.41) is 14.0. The van der Waals surface area contributed by atoms with Crippen molar-refractivity contribution in [1.82, 2.24) is 0 Å². The molecule has 3 aromatic carbocycles. The molecule has 0 bridgehead atoms. The summed E-state index contributed by atoms with van der Waals surface area (Å²) in [4.78, 5) is 24.1. The molecule has 0 atom stereocenters. The van der Waals surface area contributed by atoms with Crippen LogP contribution < -0.4 is 15.4 Å². The monoisotopic (exact) mass is 385 g/mol. The summed E-state index contributed by atoms with van der Waals surface area (Å²) < 4.78 is 5.90. The average Bonchev–Trinajstić information content (AvgIpc) is 2.72. The summed E-state index contributed by atoms with van der Waals surface area (Å²) in [6.07, 6.45) is -0.222. The van der Waals surface area contributed by atoms with E-state index >= 15 is 0 Å². The van der Waals surface area contributed by atoms with Crippen LogP contribution >= 0.6 is 0 Å². The first kappa shape index (κ1) is 19.6. The van der Waals surface area contributed by atoms with E-state index in [-0.39, 0.29) is 12.3 Å². The van der Waals surface area contributed by atoms with Crippen LogP contribution in [-0.2, 0) is 4.79 Å². The first-order chi connectivity index (χ1) is 14.0. The molecule has 0 saturated carbocycles. The minimum absolute atomic E-state index is 0.222. The highest BCUT2D eigenvalue weighted by Gasteiger charge is 2.11. The standard InChI is InChI=1S/C23H19N3O3/c1-16-6-12-19(13-7-16)29-21-5-3-2-4-20(21)26-23(28)17-8-10-18(11-9-17)25-22(27)14-15-24/h2-13H,14H2,1H3,(H,25,27)(H,26,28). The lowest BCUT2D eigenvalue weighted by atomic mass is 10.2. The second-order valence-corrected chi connectivity index (χ2v) is 6.33. The Morgan fingerprint density at radius 3 is 2.31 bits per heavy atom. The van der Waals surface area contributed by atoms with E-state index in [9.17, 15) is 9.59 Å². The third-order valence-corrected chi connectivity index (χ3v) is 4.05. The largest absolute Gasteiger partial charge is 0.455 e. The molecule has 29 heavy (non-hydrogen) atoms. The van der Waals surface area contributed by atoms with Crippen molar-refractivity contribution >= 4 is 23.2 Å². The van der Waals surface area contributed by atoms with Gasteiger partial charge in [0.05, 0.1) is 11.8 Å². The fraction of sp³-hybridized carbons (Fsp3) is 0.0870. The predicted molar refractivity (Wildman–Crippen MR) is 111 cm³/mol. The maximum atomic E-state index is 12.6. The van der Waals surface area contributed by atoms with Crippen molar-refractivity contribution in [3.05, 3.63) is 83.9 Å². The van der Waals surface area contributed by atoms with Crippen molar-refractivity contribution < 1.29 is 14.3 Å². The molecule has 0 unspecified atom stereocenters. The van der Waals surface area contributed by atoms with Gasteiger partial charge in [-0.3, -0.25) is 9.59 Å². The highest BCUT2D eigenvalue weighted by molar-refractivity contribution is 6.05. The van der Waals surface area contributed by atoms with E-state index in [1.54, 1.807) is 42.5 Å².